The quantitative estimate of drug-likeness (QED) is 0.578. The number of nitrogens with one attached hydrogen (secondary N) is 1. The lowest BCUT2D eigenvalue weighted by molar-refractivity contribution is -0.158. The lowest BCUT2D eigenvalue weighted by Crippen LogP contribution is -2.45. The first kappa shape index (κ1) is 20.3. The van der Waals surface area contributed by atoms with Crippen LogP contribution in [0, 0.1) is 19.8 Å². The van der Waals surface area contributed by atoms with E-state index in [9.17, 15) is 19.2 Å². The Morgan fingerprint density at radius 3 is 2.24 bits per heavy atom. The van der Waals surface area contributed by atoms with Gasteiger partial charge in [-0.3, -0.25) is 19.7 Å². The van der Waals surface area contributed by atoms with Gasteiger partial charge >= 0.3 is 12.0 Å². The van der Waals surface area contributed by atoms with Crippen molar-refractivity contribution in [1.82, 2.24) is 5.32 Å². The molecule has 1 rings (SSSR count). The van der Waals surface area contributed by atoms with E-state index in [1.54, 1.807) is 26.0 Å². The molecule has 1 aromatic carbocycles. The number of ketones is 1. The number of Topliss-reactive ketones (excluding diaryl/α,β-unsaturated/α-hetero) is 1. The predicted molar refractivity (Wildman–Crippen MR) is 91.9 cm³/mol. The third kappa shape index (κ3) is 6.37. The SMILES string of the molecule is Cc1ccc(C(=O)CCC(=O)O[C@@H](C(=O)NC(N)=O)C(C)C)cc1C. The molecular weight excluding hydrogens is 324 g/mol. The molecule has 0 heterocycles. The Hall–Kier alpha value is -2.70. The number of primary amides is 1. The number of ether oxygens (including phenoxy) is 1. The monoisotopic (exact) mass is 348 g/mol. The molecule has 7 nitrogen and oxygen atoms in total. The summed E-state index contributed by atoms with van der Waals surface area (Å²) >= 11 is 0. The number of esters is 1. The smallest absolute Gasteiger partial charge is 0.318 e. The number of hydrogen-bond donors (Lipinski definition) is 2. The van der Waals surface area contributed by atoms with Gasteiger partial charge in [-0.1, -0.05) is 26.0 Å². The van der Waals surface area contributed by atoms with Gasteiger partial charge in [0.1, 0.15) is 0 Å². The van der Waals surface area contributed by atoms with Crippen molar-refractivity contribution < 1.29 is 23.9 Å². The van der Waals surface area contributed by atoms with Gasteiger partial charge in [0.05, 0.1) is 6.42 Å². The zero-order chi connectivity index (χ0) is 19.1. The molecule has 0 aliphatic heterocycles. The average Bonchev–Trinajstić information content (AvgIpc) is 2.51. The molecule has 0 fully saturated rings. The molecule has 3 amide bonds. The average molecular weight is 348 g/mol. The van der Waals surface area contributed by atoms with Crippen LogP contribution in [0.1, 0.15) is 48.2 Å². The van der Waals surface area contributed by atoms with Crippen LogP contribution >= 0.6 is 0 Å². The van der Waals surface area contributed by atoms with E-state index >= 15 is 0 Å². The maximum atomic E-state index is 12.2. The molecule has 3 N–H and O–H groups in total. The van der Waals surface area contributed by atoms with E-state index in [0.29, 0.717) is 5.56 Å². The van der Waals surface area contributed by atoms with Crippen molar-refractivity contribution >= 4 is 23.7 Å². The van der Waals surface area contributed by atoms with Crippen LogP contribution in [0.2, 0.25) is 0 Å². The summed E-state index contributed by atoms with van der Waals surface area (Å²) in [6, 6.07) is 4.33. The van der Waals surface area contributed by atoms with Crippen LogP contribution in [-0.2, 0) is 14.3 Å². The minimum atomic E-state index is -1.14. The summed E-state index contributed by atoms with van der Waals surface area (Å²) in [5.41, 5.74) is 7.50. The molecule has 7 heteroatoms. The summed E-state index contributed by atoms with van der Waals surface area (Å²) in [6.45, 7) is 7.19. The minimum absolute atomic E-state index is 0.0242. The highest BCUT2D eigenvalue weighted by atomic mass is 16.5. The van der Waals surface area contributed by atoms with Crippen LogP contribution in [0.25, 0.3) is 0 Å². The van der Waals surface area contributed by atoms with E-state index in [2.05, 4.69) is 0 Å². The molecule has 136 valence electrons. The first-order chi connectivity index (χ1) is 11.6. The van der Waals surface area contributed by atoms with Gasteiger partial charge in [0.2, 0.25) is 0 Å². The summed E-state index contributed by atoms with van der Waals surface area (Å²) in [7, 11) is 0. The fourth-order valence-electron chi connectivity index (χ4n) is 2.16. The summed E-state index contributed by atoms with van der Waals surface area (Å²) in [5, 5.41) is 1.89. The number of amides is 3. The normalized spacial score (nSPS) is 11.7. The molecular formula is C18H24N2O5. The molecule has 0 aromatic heterocycles. The van der Waals surface area contributed by atoms with Crippen molar-refractivity contribution in [2.75, 3.05) is 0 Å². The molecule has 0 aliphatic rings. The largest absolute Gasteiger partial charge is 0.452 e. The van der Waals surface area contributed by atoms with Gasteiger partial charge in [0.25, 0.3) is 5.91 Å². The van der Waals surface area contributed by atoms with Gasteiger partial charge in [0, 0.05) is 12.0 Å². The fourth-order valence-corrected chi connectivity index (χ4v) is 2.16. The predicted octanol–water partition coefficient (Wildman–Crippen LogP) is 2.03. The van der Waals surface area contributed by atoms with Gasteiger partial charge in [0.15, 0.2) is 11.9 Å². The Labute approximate surface area is 146 Å². The van der Waals surface area contributed by atoms with E-state index < -0.39 is 24.0 Å². The van der Waals surface area contributed by atoms with E-state index in [1.165, 1.54) is 0 Å². The lowest BCUT2D eigenvalue weighted by atomic mass is 10.0. The number of aryl methyl sites for hydroxylation is 2. The summed E-state index contributed by atoms with van der Waals surface area (Å²) in [6.07, 6.45) is -1.32. The Morgan fingerprint density at radius 1 is 1.08 bits per heavy atom. The van der Waals surface area contributed by atoms with Crippen molar-refractivity contribution in [2.24, 2.45) is 11.7 Å². The maximum Gasteiger partial charge on any atom is 0.318 e. The Morgan fingerprint density at radius 2 is 1.72 bits per heavy atom. The van der Waals surface area contributed by atoms with Crippen LogP contribution in [0.15, 0.2) is 18.2 Å². The van der Waals surface area contributed by atoms with Gasteiger partial charge in [-0.2, -0.15) is 0 Å². The number of imide groups is 1. The minimum Gasteiger partial charge on any atom is -0.452 e. The number of rotatable bonds is 7. The Kier molecular flexibility index (Phi) is 7.29. The lowest BCUT2D eigenvalue weighted by Gasteiger charge is -2.19. The van der Waals surface area contributed by atoms with Crippen molar-refractivity contribution in [2.45, 2.75) is 46.6 Å². The van der Waals surface area contributed by atoms with E-state index in [0.717, 1.165) is 11.1 Å². The van der Waals surface area contributed by atoms with Crippen molar-refractivity contribution in [3.63, 3.8) is 0 Å². The van der Waals surface area contributed by atoms with Crippen molar-refractivity contribution in [3.05, 3.63) is 34.9 Å². The second-order valence-electron chi connectivity index (χ2n) is 6.23. The van der Waals surface area contributed by atoms with Crippen LogP contribution < -0.4 is 11.1 Å². The Balaban J connectivity index is 2.62. The third-order valence-corrected chi connectivity index (χ3v) is 3.75. The number of carbonyl (C=O) groups is 4. The molecule has 0 aliphatic carbocycles. The van der Waals surface area contributed by atoms with Gasteiger partial charge in [-0.05, 0) is 37.0 Å². The van der Waals surface area contributed by atoms with Gasteiger partial charge < -0.3 is 10.5 Å². The van der Waals surface area contributed by atoms with Crippen LogP contribution in [0.5, 0.6) is 0 Å². The molecule has 1 aromatic rings. The zero-order valence-corrected chi connectivity index (χ0v) is 14.9. The number of hydrogen-bond acceptors (Lipinski definition) is 5. The van der Waals surface area contributed by atoms with Crippen molar-refractivity contribution in [1.29, 1.82) is 0 Å². The molecule has 0 spiro atoms. The van der Waals surface area contributed by atoms with Gasteiger partial charge in [-0.15, -0.1) is 0 Å². The third-order valence-electron chi connectivity index (χ3n) is 3.75. The highest BCUT2D eigenvalue weighted by Gasteiger charge is 2.27. The summed E-state index contributed by atoms with van der Waals surface area (Å²) < 4.78 is 5.09. The topological polar surface area (TPSA) is 116 Å². The van der Waals surface area contributed by atoms with E-state index in [1.807, 2.05) is 25.2 Å². The van der Waals surface area contributed by atoms with Crippen LogP contribution in [-0.4, -0.2) is 29.8 Å². The molecule has 0 radical (unpaired) electrons. The van der Waals surface area contributed by atoms with Crippen LogP contribution in [0.3, 0.4) is 0 Å². The van der Waals surface area contributed by atoms with Gasteiger partial charge in [-0.25, -0.2) is 4.79 Å². The van der Waals surface area contributed by atoms with Crippen molar-refractivity contribution in [3.8, 4) is 0 Å². The number of carbonyl (C=O) groups excluding carboxylic acids is 4. The molecule has 0 unspecified atom stereocenters. The van der Waals surface area contributed by atoms with E-state index in [-0.39, 0.29) is 24.5 Å². The summed E-state index contributed by atoms with van der Waals surface area (Å²) in [4.78, 5) is 46.7. The highest BCUT2D eigenvalue weighted by molar-refractivity contribution is 5.98. The molecule has 0 saturated heterocycles. The fraction of sp³-hybridized carbons (Fsp3) is 0.444. The highest BCUT2D eigenvalue weighted by Crippen LogP contribution is 2.14. The Bertz CT molecular complexity index is 682. The molecule has 0 saturated carbocycles. The molecule has 25 heavy (non-hydrogen) atoms. The molecule has 0 bridgehead atoms. The van der Waals surface area contributed by atoms with E-state index in [4.69, 9.17) is 10.5 Å². The second kappa shape index (κ2) is 8.96. The zero-order valence-electron chi connectivity index (χ0n) is 14.9. The standard InChI is InChI=1S/C18H24N2O5/c1-10(2)16(17(23)20-18(19)24)25-15(22)8-7-14(21)13-6-5-11(3)12(4)9-13/h5-6,9-10,16H,7-8H2,1-4H3,(H3,19,20,23,24)/t16-/m1/s1. The van der Waals surface area contributed by atoms with Crippen LogP contribution in [0.4, 0.5) is 4.79 Å². The summed E-state index contributed by atoms with van der Waals surface area (Å²) in [5.74, 6) is -1.99. The number of nitrogens with two attached hydrogens (primary N) is 1. The first-order valence-corrected chi connectivity index (χ1v) is 8.02. The second-order valence-corrected chi connectivity index (χ2v) is 6.23. The number of benzene rings is 1. The maximum absolute atomic E-state index is 12.2. The number of urea groups is 1. The first-order valence-electron chi connectivity index (χ1n) is 8.02. The molecule has 1 atom stereocenters.